The number of nitrogens with one attached hydrogen (secondary N) is 2. The molecule has 7 heteroatoms. The standard InChI is InChI=1S/C32H38N4O3/c1-22(33-21-29(37)27-14-15-31(34-19-27)36-23(2)12-13-24(36)3)16-25-8-7-9-26(17-25)18-32(38)35-20-28-10-5-6-11-30(28)39-4/h5-15,17,19,22,29,33,37H,16,18,20-21H2,1-4H3,(H,35,38)/t22-,29+/m1/s1. The van der Waals surface area contributed by atoms with Crippen LogP contribution >= 0.6 is 0 Å². The van der Waals surface area contributed by atoms with E-state index in [1.807, 2.05) is 48.5 Å². The molecule has 2 aromatic heterocycles. The molecule has 39 heavy (non-hydrogen) atoms. The fourth-order valence-corrected chi connectivity index (χ4v) is 4.77. The van der Waals surface area contributed by atoms with Gasteiger partial charge in [-0.1, -0.05) is 48.5 Å². The summed E-state index contributed by atoms with van der Waals surface area (Å²) in [6, 6.07) is 23.9. The van der Waals surface area contributed by atoms with Gasteiger partial charge in [-0.05, 0) is 62.6 Å². The van der Waals surface area contributed by atoms with Gasteiger partial charge in [0.1, 0.15) is 11.6 Å². The zero-order chi connectivity index (χ0) is 27.8. The van der Waals surface area contributed by atoms with E-state index in [-0.39, 0.29) is 11.9 Å². The molecule has 0 aliphatic carbocycles. The Morgan fingerprint density at radius 2 is 1.74 bits per heavy atom. The molecule has 4 rings (SSSR count). The molecule has 0 radical (unpaired) electrons. The third-order valence-electron chi connectivity index (χ3n) is 6.88. The SMILES string of the molecule is COc1ccccc1CNC(=O)Cc1cccc(C[C@@H](C)NC[C@H](O)c2ccc(-n3c(C)ccc3C)nc2)c1. The van der Waals surface area contributed by atoms with E-state index in [1.54, 1.807) is 13.3 Å². The van der Waals surface area contributed by atoms with Crippen LogP contribution in [0, 0.1) is 13.8 Å². The topological polar surface area (TPSA) is 88.4 Å². The van der Waals surface area contributed by atoms with Gasteiger partial charge in [0.25, 0.3) is 0 Å². The number of benzene rings is 2. The van der Waals surface area contributed by atoms with E-state index in [2.05, 4.69) is 65.2 Å². The van der Waals surface area contributed by atoms with Gasteiger partial charge >= 0.3 is 0 Å². The van der Waals surface area contributed by atoms with Crippen LogP contribution in [0.2, 0.25) is 0 Å². The second-order valence-electron chi connectivity index (χ2n) is 10.0. The monoisotopic (exact) mass is 526 g/mol. The number of aryl methyl sites for hydroxylation is 2. The van der Waals surface area contributed by atoms with Gasteiger partial charge in [-0.25, -0.2) is 4.98 Å². The van der Waals surface area contributed by atoms with Gasteiger partial charge in [-0.2, -0.15) is 0 Å². The van der Waals surface area contributed by atoms with E-state index in [4.69, 9.17) is 4.74 Å². The first kappa shape index (κ1) is 28.1. The highest BCUT2D eigenvalue weighted by molar-refractivity contribution is 5.78. The van der Waals surface area contributed by atoms with Crippen LogP contribution in [-0.2, 0) is 24.2 Å². The highest BCUT2D eigenvalue weighted by Gasteiger charge is 2.13. The third-order valence-corrected chi connectivity index (χ3v) is 6.88. The van der Waals surface area contributed by atoms with Crippen molar-refractivity contribution in [1.82, 2.24) is 20.2 Å². The fourth-order valence-electron chi connectivity index (χ4n) is 4.77. The molecule has 0 saturated heterocycles. The molecule has 0 aliphatic rings. The van der Waals surface area contributed by atoms with Crippen molar-refractivity contribution in [1.29, 1.82) is 0 Å². The number of carbonyl (C=O) groups is 1. The number of para-hydroxylation sites is 1. The third kappa shape index (κ3) is 7.56. The number of hydrogen-bond acceptors (Lipinski definition) is 5. The summed E-state index contributed by atoms with van der Waals surface area (Å²) >= 11 is 0. The highest BCUT2D eigenvalue weighted by Crippen LogP contribution is 2.18. The number of ether oxygens (including phenoxy) is 1. The molecule has 2 heterocycles. The van der Waals surface area contributed by atoms with Crippen molar-refractivity contribution in [2.24, 2.45) is 0 Å². The number of aromatic nitrogens is 2. The predicted molar refractivity (Wildman–Crippen MR) is 154 cm³/mol. The van der Waals surface area contributed by atoms with Crippen molar-refractivity contribution in [2.75, 3.05) is 13.7 Å². The lowest BCUT2D eigenvalue weighted by Gasteiger charge is -2.18. The van der Waals surface area contributed by atoms with Gasteiger partial charge < -0.3 is 25.0 Å². The average molecular weight is 527 g/mol. The number of amides is 1. The van der Waals surface area contributed by atoms with Crippen LogP contribution in [0.15, 0.2) is 79.0 Å². The van der Waals surface area contributed by atoms with Crippen LogP contribution in [0.4, 0.5) is 0 Å². The van der Waals surface area contributed by atoms with E-state index < -0.39 is 6.10 Å². The minimum Gasteiger partial charge on any atom is -0.496 e. The van der Waals surface area contributed by atoms with Crippen LogP contribution in [0.5, 0.6) is 5.75 Å². The minimum absolute atomic E-state index is 0.0333. The summed E-state index contributed by atoms with van der Waals surface area (Å²) in [4.78, 5) is 17.1. The average Bonchev–Trinajstić information content (AvgIpc) is 3.28. The molecule has 4 aromatic rings. The molecule has 0 unspecified atom stereocenters. The molecule has 7 nitrogen and oxygen atoms in total. The van der Waals surface area contributed by atoms with Crippen LogP contribution < -0.4 is 15.4 Å². The maximum atomic E-state index is 12.6. The first-order valence-electron chi connectivity index (χ1n) is 13.3. The fraction of sp³-hybridized carbons (Fsp3) is 0.312. The van der Waals surface area contributed by atoms with E-state index in [0.29, 0.717) is 19.5 Å². The Morgan fingerprint density at radius 1 is 1.00 bits per heavy atom. The Balaban J connectivity index is 1.25. The molecule has 204 valence electrons. The van der Waals surface area contributed by atoms with Crippen molar-refractivity contribution in [2.45, 2.75) is 52.3 Å². The Morgan fingerprint density at radius 3 is 2.46 bits per heavy atom. The molecule has 0 saturated carbocycles. The second kappa shape index (κ2) is 13.2. The van der Waals surface area contributed by atoms with Crippen molar-refractivity contribution in [3.8, 4) is 11.6 Å². The second-order valence-corrected chi connectivity index (χ2v) is 10.0. The zero-order valence-corrected chi connectivity index (χ0v) is 23.1. The number of aliphatic hydroxyl groups excluding tert-OH is 1. The van der Waals surface area contributed by atoms with E-state index in [1.165, 1.54) is 0 Å². The molecule has 2 aromatic carbocycles. The lowest BCUT2D eigenvalue weighted by molar-refractivity contribution is -0.120. The molecule has 0 bridgehead atoms. The molecule has 3 N–H and O–H groups in total. The number of methoxy groups -OCH3 is 1. The number of aliphatic hydroxyl groups is 1. The summed E-state index contributed by atoms with van der Waals surface area (Å²) in [6.07, 6.45) is 2.19. The molecule has 0 aliphatic heterocycles. The number of hydrogen-bond donors (Lipinski definition) is 3. The van der Waals surface area contributed by atoms with Crippen molar-refractivity contribution < 1.29 is 14.6 Å². The first-order valence-corrected chi connectivity index (χ1v) is 13.3. The molecule has 0 spiro atoms. The Labute approximate surface area is 230 Å². The number of nitrogens with zero attached hydrogens (tertiary/aromatic N) is 2. The number of pyridine rings is 1. The maximum Gasteiger partial charge on any atom is 0.224 e. The first-order chi connectivity index (χ1) is 18.8. The van der Waals surface area contributed by atoms with Crippen molar-refractivity contribution in [3.05, 3.63) is 113 Å². The minimum atomic E-state index is -0.654. The summed E-state index contributed by atoms with van der Waals surface area (Å²) in [7, 11) is 1.63. The summed E-state index contributed by atoms with van der Waals surface area (Å²) in [6.45, 7) is 7.05. The smallest absolute Gasteiger partial charge is 0.224 e. The van der Waals surface area contributed by atoms with Gasteiger partial charge in [-0.3, -0.25) is 4.79 Å². The van der Waals surface area contributed by atoms with Crippen LogP contribution in [-0.4, -0.2) is 40.3 Å². The summed E-state index contributed by atoms with van der Waals surface area (Å²) in [5.74, 6) is 1.58. The normalized spacial score (nSPS) is 12.6. The lowest BCUT2D eigenvalue weighted by Crippen LogP contribution is -2.32. The Kier molecular flexibility index (Phi) is 9.52. The van der Waals surface area contributed by atoms with Gasteiger partial charge in [-0.15, -0.1) is 0 Å². The van der Waals surface area contributed by atoms with Crippen molar-refractivity contribution >= 4 is 5.91 Å². The molecule has 2 atom stereocenters. The van der Waals surface area contributed by atoms with Gasteiger partial charge in [0, 0.05) is 47.8 Å². The quantitative estimate of drug-likeness (QED) is 0.251. The van der Waals surface area contributed by atoms with E-state index in [9.17, 15) is 9.90 Å². The van der Waals surface area contributed by atoms with Gasteiger partial charge in [0.15, 0.2) is 0 Å². The summed E-state index contributed by atoms with van der Waals surface area (Å²) in [5.41, 5.74) is 6.09. The van der Waals surface area contributed by atoms with E-state index >= 15 is 0 Å². The Hall–Kier alpha value is -3.94. The summed E-state index contributed by atoms with van der Waals surface area (Å²) < 4.78 is 7.45. The molecular formula is C32H38N4O3. The number of carbonyl (C=O) groups excluding carboxylic acids is 1. The van der Waals surface area contributed by atoms with Crippen LogP contribution in [0.3, 0.4) is 0 Å². The summed E-state index contributed by atoms with van der Waals surface area (Å²) in [5, 5.41) is 17.1. The maximum absolute atomic E-state index is 12.6. The van der Waals surface area contributed by atoms with Crippen LogP contribution in [0.1, 0.15) is 46.7 Å². The molecule has 1 amide bonds. The van der Waals surface area contributed by atoms with Gasteiger partial charge in [0.05, 0.1) is 19.6 Å². The number of rotatable bonds is 12. The van der Waals surface area contributed by atoms with Gasteiger partial charge in [0.2, 0.25) is 5.91 Å². The Bertz CT molecular complexity index is 1360. The van der Waals surface area contributed by atoms with Crippen LogP contribution in [0.25, 0.3) is 5.82 Å². The predicted octanol–water partition coefficient (Wildman–Crippen LogP) is 4.61. The molecule has 0 fully saturated rings. The van der Waals surface area contributed by atoms with E-state index in [0.717, 1.165) is 51.6 Å². The zero-order valence-electron chi connectivity index (χ0n) is 23.1. The largest absolute Gasteiger partial charge is 0.496 e. The molecular weight excluding hydrogens is 488 g/mol. The highest BCUT2D eigenvalue weighted by atomic mass is 16.5. The van der Waals surface area contributed by atoms with Crippen molar-refractivity contribution in [3.63, 3.8) is 0 Å². The lowest BCUT2D eigenvalue weighted by atomic mass is 10.0.